The van der Waals surface area contributed by atoms with E-state index in [-0.39, 0.29) is 5.56 Å². The summed E-state index contributed by atoms with van der Waals surface area (Å²) in [6, 6.07) is 13.6. The Balaban J connectivity index is 2.11. The summed E-state index contributed by atoms with van der Waals surface area (Å²) < 4.78 is 6.96. The molecule has 0 fully saturated rings. The number of aromatic amines is 1. The minimum Gasteiger partial charge on any atom is -0.452 e. The number of fused-ring (bicyclic) bond motifs is 6. The van der Waals surface area contributed by atoms with Gasteiger partial charge >= 0.3 is 0 Å². The lowest BCUT2D eigenvalue weighted by Crippen LogP contribution is -2.08. The van der Waals surface area contributed by atoms with Crippen LogP contribution < -0.4 is 5.56 Å². The molecule has 116 valence electrons. The van der Waals surface area contributed by atoms with E-state index in [0.717, 1.165) is 31.9 Å². The maximum atomic E-state index is 12.7. The number of halogens is 1. The molecule has 3 heterocycles. The Morgan fingerprint density at radius 1 is 1.12 bits per heavy atom. The number of rotatable bonds is 0. The number of pyridine rings is 2. The van der Waals surface area contributed by atoms with E-state index in [0.29, 0.717) is 22.0 Å². The van der Waals surface area contributed by atoms with E-state index >= 15 is 0 Å². The molecule has 5 heteroatoms. The number of nitrogens with zero attached hydrogens (tertiary/aromatic N) is 1. The van der Waals surface area contributed by atoms with E-state index in [4.69, 9.17) is 9.40 Å². The molecule has 0 aliphatic rings. The summed E-state index contributed by atoms with van der Waals surface area (Å²) in [6.45, 7) is 1.95. The van der Waals surface area contributed by atoms with Crippen LogP contribution in [0, 0.1) is 6.92 Å². The van der Waals surface area contributed by atoms with Gasteiger partial charge in [-0.25, -0.2) is 4.98 Å². The summed E-state index contributed by atoms with van der Waals surface area (Å²) >= 11 is 3.47. The first-order valence-corrected chi connectivity index (χ1v) is 8.36. The van der Waals surface area contributed by atoms with E-state index in [2.05, 4.69) is 20.9 Å². The van der Waals surface area contributed by atoms with Crippen molar-refractivity contribution in [2.24, 2.45) is 0 Å². The molecule has 4 nitrogen and oxygen atoms in total. The first-order chi connectivity index (χ1) is 11.6. The zero-order chi connectivity index (χ0) is 16.4. The second-order valence-electron chi connectivity index (χ2n) is 5.88. The SMILES string of the molecule is Cc1c2ccccc2nc2c1c(=O)[nH]c1c3cc(Br)ccc3oc21. The molecule has 5 aromatic rings. The van der Waals surface area contributed by atoms with Crippen molar-refractivity contribution in [1.82, 2.24) is 9.97 Å². The van der Waals surface area contributed by atoms with Crippen molar-refractivity contribution < 1.29 is 4.42 Å². The van der Waals surface area contributed by atoms with Crippen molar-refractivity contribution in [3.05, 3.63) is 62.9 Å². The summed E-state index contributed by atoms with van der Waals surface area (Å²) in [6.07, 6.45) is 0. The number of hydrogen-bond donors (Lipinski definition) is 1. The molecule has 0 saturated heterocycles. The molecule has 0 spiro atoms. The highest BCUT2D eigenvalue weighted by Crippen LogP contribution is 2.34. The molecule has 5 rings (SSSR count). The van der Waals surface area contributed by atoms with Crippen LogP contribution in [-0.2, 0) is 0 Å². The molecule has 24 heavy (non-hydrogen) atoms. The van der Waals surface area contributed by atoms with Gasteiger partial charge in [0.2, 0.25) is 0 Å². The van der Waals surface area contributed by atoms with Crippen molar-refractivity contribution in [2.75, 3.05) is 0 Å². The minimum absolute atomic E-state index is 0.143. The second kappa shape index (κ2) is 4.68. The molecular weight excluding hydrogens is 368 g/mol. The number of aromatic nitrogens is 2. The van der Waals surface area contributed by atoms with Crippen molar-refractivity contribution in [3.8, 4) is 0 Å². The van der Waals surface area contributed by atoms with Gasteiger partial charge in [-0.3, -0.25) is 4.79 Å². The van der Waals surface area contributed by atoms with E-state index < -0.39 is 0 Å². The first kappa shape index (κ1) is 13.7. The molecular formula is C19H11BrN2O2. The Hall–Kier alpha value is -2.66. The van der Waals surface area contributed by atoms with Gasteiger partial charge in [0.1, 0.15) is 11.1 Å². The summed E-state index contributed by atoms with van der Waals surface area (Å²) in [7, 11) is 0. The van der Waals surface area contributed by atoms with Gasteiger partial charge < -0.3 is 9.40 Å². The Labute approximate surface area is 144 Å². The Morgan fingerprint density at radius 3 is 2.83 bits per heavy atom. The van der Waals surface area contributed by atoms with Gasteiger partial charge in [-0.15, -0.1) is 0 Å². The third-order valence-electron chi connectivity index (χ3n) is 4.48. The molecule has 0 bridgehead atoms. The van der Waals surface area contributed by atoms with Crippen LogP contribution >= 0.6 is 15.9 Å². The predicted molar refractivity (Wildman–Crippen MR) is 99.6 cm³/mol. The van der Waals surface area contributed by atoms with Crippen molar-refractivity contribution in [3.63, 3.8) is 0 Å². The molecule has 0 saturated carbocycles. The third kappa shape index (κ3) is 1.73. The number of nitrogens with one attached hydrogen (secondary N) is 1. The number of benzene rings is 2. The number of hydrogen-bond acceptors (Lipinski definition) is 3. The van der Waals surface area contributed by atoms with Gasteiger partial charge in [0.15, 0.2) is 5.58 Å². The fourth-order valence-electron chi connectivity index (χ4n) is 3.36. The fourth-order valence-corrected chi connectivity index (χ4v) is 3.72. The van der Waals surface area contributed by atoms with Gasteiger partial charge in [-0.05, 0) is 36.8 Å². The topological polar surface area (TPSA) is 58.9 Å². The van der Waals surface area contributed by atoms with Gasteiger partial charge in [-0.1, -0.05) is 34.1 Å². The van der Waals surface area contributed by atoms with Gasteiger partial charge in [0.25, 0.3) is 5.56 Å². The van der Waals surface area contributed by atoms with Crippen LogP contribution in [0.2, 0.25) is 0 Å². The number of H-pyrrole nitrogens is 1. The smallest absolute Gasteiger partial charge is 0.258 e. The maximum absolute atomic E-state index is 12.7. The molecule has 1 N–H and O–H groups in total. The minimum atomic E-state index is -0.143. The standard InChI is InChI=1S/C19H11BrN2O2/c1-9-11-4-2-3-5-13(11)21-17-15(9)19(23)22-16-12-8-10(20)6-7-14(12)24-18(16)17/h2-8H,1H3,(H,22,23). The van der Waals surface area contributed by atoms with E-state index in [1.165, 1.54) is 0 Å². The molecule has 3 aromatic heterocycles. The predicted octanol–water partition coefficient (Wildman–Crippen LogP) is 5.05. The van der Waals surface area contributed by atoms with Gasteiger partial charge in [0.05, 0.1) is 16.4 Å². The highest BCUT2D eigenvalue weighted by molar-refractivity contribution is 9.10. The summed E-state index contributed by atoms with van der Waals surface area (Å²) in [5.74, 6) is 0. The van der Waals surface area contributed by atoms with Gasteiger partial charge in [-0.2, -0.15) is 0 Å². The normalized spacial score (nSPS) is 11.9. The lowest BCUT2D eigenvalue weighted by atomic mass is 10.0. The second-order valence-corrected chi connectivity index (χ2v) is 6.79. The van der Waals surface area contributed by atoms with Crippen molar-refractivity contribution in [2.45, 2.75) is 6.92 Å². The monoisotopic (exact) mass is 378 g/mol. The van der Waals surface area contributed by atoms with Crippen LogP contribution in [-0.4, -0.2) is 9.97 Å². The molecule has 0 atom stereocenters. The van der Waals surface area contributed by atoms with Crippen molar-refractivity contribution >= 4 is 59.8 Å². The van der Waals surface area contributed by atoms with E-state index in [9.17, 15) is 4.79 Å². The van der Waals surface area contributed by atoms with Crippen LogP contribution in [0.5, 0.6) is 0 Å². The zero-order valence-corrected chi connectivity index (χ0v) is 14.3. The van der Waals surface area contributed by atoms with Crippen LogP contribution in [0.25, 0.3) is 43.9 Å². The highest BCUT2D eigenvalue weighted by Gasteiger charge is 2.17. The van der Waals surface area contributed by atoms with Gasteiger partial charge in [0, 0.05) is 15.2 Å². The number of para-hydroxylation sites is 1. The summed E-state index contributed by atoms with van der Waals surface area (Å²) in [4.78, 5) is 20.4. The molecule has 0 aliphatic heterocycles. The first-order valence-electron chi connectivity index (χ1n) is 7.56. The Kier molecular flexibility index (Phi) is 2.68. The maximum Gasteiger partial charge on any atom is 0.258 e. The zero-order valence-electron chi connectivity index (χ0n) is 12.7. The largest absolute Gasteiger partial charge is 0.452 e. The molecule has 2 aromatic carbocycles. The lowest BCUT2D eigenvalue weighted by Gasteiger charge is -2.06. The van der Waals surface area contributed by atoms with Crippen LogP contribution in [0.3, 0.4) is 0 Å². The third-order valence-corrected chi connectivity index (χ3v) is 4.98. The Bertz CT molecular complexity index is 1350. The average molecular weight is 379 g/mol. The summed E-state index contributed by atoms with van der Waals surface area (Å²) in [5.41, 5.74) is 4.27. The number of aryl methyl sites for hydroxylation is 1. The van der Waals surface area contributed by atoms with E-state index in [1.807, 2.05) is 49.4 Å². The molecule has 0 amide bonds. The lowest BCUT2D eigenvalue weighted by molar-refractivity contribution is 0.671. The summed E-state index contributed by atoms with van der Waals surface area (Å²) in [5, 5.41) is 2.43. The van der Waals surface area contributed by atoms with E-state index in [1.54, 1.807) is 0 Å². The average Bonchev–Trinajstić information content (AvgIpc) is 2.93. The highest BCUT2D eigenvalue weighted by atomic mass is 79.9. The fraction of sp³-hybridized carbons (Fsp3) is 0.0526. The molecule has 0 radical (unpaired) electrons. The van der Waals surface area contributed by atoms with Crippen LogP contribution in [0.1, 0.15) is 5.56 Å². The number of furan rings is 1. The molecule has 0 unspecified atom stereocenters. The van der Waals surface area contributed by atoms with Crippen molar-refractivity contribution in [1.29, 1.82) is 0 Å². The molecule has 0 aliphatic carbocycles. The van der Waals surface area contributed by atoms with Crippen LogP contribution in [0.15, 0.2) is 56.1 Å². The quantitative estimate of drug-likeness (QED) is 0.383. The van der Waals surface area contributed by atoms with Crippen LogP contribution in [0.4, 0.5) is 0 Å². The Morgan fingerprint density at radius 2 is 1.96 bits per heavy atom.